The smallest absolute Gasteiger partial charge is 0.194 e. The Labute approximate surface area is 158 Å². The molecule has 2 saturated heterocycles. The first kappa shape index (κ1) is 19.2. The van der Waals surface area contributed by atoms with E-state index in [1.165, 1.54) is 19.4 Å². The van der Waals surface area contributed by atoms with Gasteiger partial charge in [0.2, 0.25) is 0 Å². The highest BCUT2D eigenvalue weighted by Crippen LogP contribution is 2.37. The fraction of sp³-hybridized carbons (Fsp3) is 0.941. The molecule has 0 aromatic heterocycles. The minimum Gasteiger partial charge on any atom is -0.381 e. The lowest BCUT2D eigenvalue weighted by Crippen LogP contribution is -2.53. The molecule has 0 aromatic rings. The molecule has 3 rings (SSSR count). The van der Waals surface area contributed by atoms with Crippen molar-refractivity contribution in [2.75, 3.05) is 59.0 Å². The van der Waals surface area contributed by atoms with Gasteiger partial charge in [0.15, 0.2) is 5.96 Å². The summed E-state index contributed by atoms with van der Waals surface area (Å²) in [6.07, 6.45) is 2.60. The molecule has 23 heavy (non-hydrogen) atoms. The average Bonchev–Trinajstić information content (AvgIpc) is 2.99. The van der Waals surface area contributed by atoms with E-state index in [9.17, 15) is 0 Å². The normalized spacial score (nSPS) is 31.8. The van der Waals surface area contributed by atoms with Gasteiger partial charge < -0.3 is 15.0 Å². The van der Waals surface area contributed by atoms with Crippen molar-refractivity contribution in [3.05, 3.63) is 0 Å². The molecule has 1 aliphatic carbocycles. The molecule has 1 saturated carbocycles. The molecule has 5 nitrogen and oxygen atoms in total. The Balaban J connectivity index is 0.00000192. The maximum Gasteiger partial charge on any atom is 0.194 e. The van der Waals surface area contributed by atoms with Crippen LogP contribution in [-0.4, -0.2) is 74.8 Å². The van der Waals surface area contributed by atoms with Gasteiger partial charge in [-0.25, -0.2) is 0 Å². The fourth-order valence-electron chi connectivity index (χ4n) is 3.52. The van der Waals surface area contributed by atoms with Crippen LogP contribution in [0.2, 0.25) is 0 Å². The van der Waals surface area contributed by atoms with E-state index in [4.69, 9.17) is 9.73 Å². The van der Waals surface area contributed by atoms with E-state index >= 15 is 0 Å². The van der Waals surface area contributed by atoms with E-state index < -0.39 is 0 Å². The molecule has 134 valence electrons. The van der Waals surface area contributed by atoms with Gasteiger partial charge in [-0.05, 0) is 37.5 Å². The number of hydrogen-bond donors (Lipinski definition) is 1. The minimum atomic E-state index is 0. The molecule has 3 atom stereocenters. The summed E-state index contributed by atoms with van der Waals surface area (Å²) in [5, 5.41) is 3.48. The number of ether oxygens (including phenoxy) is 1. The van der Waals surface area contributed by atoms with E-state index in [-0.39, 0.29) is 24.0 Å². The number of guanidine groups is 1. The summed E-state index contributed by atoms with van der Waals surface area (Å²) in [6.45, 7) is 14.1. The van der Waals surface area contributed by atoms with Gasteiger partial charge in [-0.15, -0.1) is 24.0 Å². The molecule has 3 fully saturated rings. The Hall–Kier alpha value is -0.0800. The van der Waals surface area contributed by atoms with Crippen LogP contribution in [0.15, 0.2) is 4.99 Å². The van der Waals surface area contributed by atoms with Crippen molar-refractivity contribution in [1.29, 1.82) is 0 Å². The van der Waals surface area contributed by atoms with Crippen molar-refractivity contribution >= 4 is 29.9 Å². The molecular weight excluding hydrogens is 403 g/mol. The van der Waals surface area contributed by atoms with Gasteiger partial charge in [0.1, 0.15) is 0 Å². The van der Waals surface area contributed by atoms with E-state index in [1.807, 2.05) is 0 Å². The highest BCUT2D eigenvalue weighted by molar-refractivity contribution is 14.0. The number of halogens is 1. The van der Waals surface area contributed by atoms with Gasteiger partial charge >= 0.3 is 0 Å². The van der Waals surface area contributed by atoms with Crippen LogP contribution in [-0.2, 0) is 4.74 Å². The quantitative estimate of drug-likeness (QED) is 0.406. The number of piperazine rings is 1. The lowest BCUT2D eigenvalue weighted by molar-refractivity contribution is 0.139. The van der Waals surface area contributed by atoms with Crippen LogP contribution in [0.1, 0.15) is 26.7 Å². The Morgan fingerprint density at radius 2 is 2.00 bits per heavy atom. The Kier molecular flexibility index (Phi) is 7.88. The standard InChI is InChI=1S/C17H32N4O.HI/c1-3-18-17(19-11-16-10-14(16)2)21-7-5-20(6-8-21)12-15-4-9-22-13-15;/h14-16H,3-13H2,1-2H3,(H,18,19);1H. The molecule has 1 N–H and O–H groups in total. The third-order valence-electron chi connectivity index (χ3n) is 5.30. The molecule has 2 heterocycles. The second-order valence-corrected chi connectivity index (χ2v) is 7.18. The first-order chi connectivity index (χ1) is 10.8. The third-order valence-corrected chi connectivity index (χ3v) is 5.30. The SMILES string of the molecule is CCNC(=NCC1CC1C)N1CCN(CC2CCOC2)CC1.I. The van der Waals surface area contributed by atoms with Crippen molar-refractivity contribution in [3.8, 4) is 0 Å². The molecule has 0 spiro atoms. The van der Waals surface area contributed by atoms with E-state index in [2.05, 4.69) is 29.0 Å². The molecule has 2 aliphatic heterocycles. The van der Waals surface area contributed by atoms with Gasteiger partial charge in [-0.1, -0.05) is 6.92 Å². The third kappa shape index (κ3) is 5.74. The first-order valence-corrected chi connectivity index (χ1v) is 9.09. The Morgan fingerprint density at radius 1 is 1.26 bits per heavy atom. The van der Waals surface area contributed by atoms with Crippen molar-refractivity contribution in [2.45, 2.75) is 26.7 Å². The van der Waals surface area contributed by atoms with Crippen LogP contribution < -0.4 is 5.32 Å². The van der Waals surface area contributed by atoms with Gasteiger partial charge in [0, 0.05) is 52.4 Å². The van der Waals surface area contributed by atoms with Gasteiger partial charge in [-0.2, -0.15) is 0 Å². The summed E-state index contributed by atoms with van der Waals surface area (Å²) in [5.41, 5.74) is 0. The second-order valence-electron chi connectivity index (χ2n) is 7.18. The zero-order chi connectivity index (χ0) is 15.4. The molecular formula is C17H33IN4O. The Bertz CT molecular complexity index is 379. The van der Waals surface area contributed by atoms with E-state index in [1.54, 1.807) is 0 Å². The number of rotatable bonds is 5. The van der Waals surface area contributed by atoms with Crippen LogP contribution in [0, 0.1) is 17.8 Å². The maximum atomic E-state index is 5.49. The van der Waals surface area contributed by atoms with Crippen LogP contribution >= 0.6 is 24.0 Å². The summed E-state index contributed by atoms with van der Waals surface area (Å²) in [6, 6.07) is 0. The summed E-state index contributed by atoms with van der Waals surface area (Å²) in [7, 11) is 0. The predicted molar refractivity (Wildman–Crippen MR) is 106 cm³/mol. The highest BCUT2D eigenvalue weighted by Gasteiger charge is 2.32. The maximum absolute atomic E-state index is 5.49. The van der Waals surface area contributed by atoms with Crippen molar-refractivity contribution in [1.82, 2.24) is 15.1 Å². The number of aliphatic imine (C=N–C) groups is 1. The van der Waals surface area contributed by atoms with Gasteiger partial charge in [-0.3, -0.25) is 9.89 Å². The van der Waals surface area contributed by atoms with Crippen LogP contribution in [0.25, 0.3) is 0 Å². The van der Waals surface area contributed by atoms with Crippen molar-refractivity contribution < 1.29 is 4.74 Å². The highest BCUT2D eigenvalue weighted by atomic mass is 127. The molecule has 0 radical (unpaired) electrons. The molecule has 0 aromatic carbocycles. The topological polar surface area (TPSA) is 40.1 Å². The summed E-state index contributed by atoms with van der Waals surface area (Å²) >= 11 is 0. The fourth-order valence-corrected chi connectivity index (χ4v) is 3.52. The lowest BCUT2D eigenvalue weighted by atomic mass is 10.1. The molecule has 0 amide bonds. The summed E-state index contributed by atoms with van der Waals surface area (Å²) in [5.74, 6) is 3.60. The largest absolute Gasteiger partial charge is 0.381 e. The monoisotopic (exact) mass is 436 g/mol. The molecule has 0 bridgehead atoms. The minimum absolute atomic E-state index is 0. The molecule has 3 aliphatic rings. The zero-order valence-electron chi connectivity index (χ0n) is 14.7. The van der Waals surface area contributed by atoms with Gasteiger partial charge in [0.25, 0.3) is 0 Å². The van der Waals surface area contributed by atoms with Crippen LogP contribution in [0.3, 0.4) is 0 Å². The van der Waals surface area contributed by atoms with Crippen molar-refractivity contribution in [2.24, 2.45) is 22.7 Å². The summed E-state index contributed by atoms with van der Waals surface area (Å²) < 4.78 is 5.49. The van der Waals surface area contributed by atoms with Crippen molar-refractivity contribution in [3.63, 3.8) is 0 Å². The molecule has 3 unspecified atom stereocenters. The van der Waals surface area contributed by atoms with Crippen LogP contribution in [0.4, 0.5) is 0 Å². The second kappa shape index (κ2) is 9.42. The predicted octanol–water partition coefficient (Wildman–Crippen LogP) is 1.88. The number of hydrogen-bond acceptors (Lipinski definition) is 3. The van der Waals surface area contributed by atoms with Crippen LogP contribution in [0.5, 0.6) is 0 Å². The zero-order valence-corrected chi connectivity index (χ0v) is 17.0. The van der Waals surface area contributed by atoms with Gasteiger partial charge in [0.05, 0.1) is 6.61 Å². The number of nitrogens with zero attached hydrogens (tertiary/aromatic N) is 3. The number of nitrogens with one attached hydrogen (secondary N) is 1. The summed E-state index contributed by atoms with van der Waals surface area (Å²) in [4.78, 5) is 9.91. The first-order valence-electron chi connectivity index (χ1n) is 9.09. The Morgan fingerprint density at radius 3 is 2.57 bits per heavy atom. The lowest BCUT2D eigenvalue weighted by Gasteiger charge is -2.37. The van der Waals surface area contributed by atoms with E-state index in [0.717, 1.165) is 76.2 Å². The average molecular weight is 436 g/mol. The van der Waals surface area contributed by atoms with E-state index in [0.29, 0.717) is 0 Å². The molecule has 6 heteroatoms.